The van der Waals surface area contributed by atoms with Gasteiger partial charge in [0.1, 0.15) is 16.5 Å². The third kappa shape index (κ3) is 4.22. The molecule has 2 aromatic carbocycles. The van der Waals surface area contributed by atoms with Crippen molar-refractivity contribution in [1.82, 2.24) is 9.58 Å². The molecule has 0 bridgehead atoms. The summed E-state index contributed by atoms with van der Waals surface area (Å²) >= 11 is 1.33. The van der Waals surface area contributed by atoms with Gasteiger partial charge in [0.05, 0.1) is 25.5 Å². The van der Waals surface area contributed by atoms with E-state index in [9.17, 15) is 4.79 Å². The van der Waals surface area contributed by atoms with Crippen molar-refractivity contribution in [2.45, 2.75) is 20.3 Å². The zero-order valence-corrected chi connectivity index (χ0v) is 21.2. The maximum Gasteiger partial charge on any atom is 0.283 e. The average Bonchev–Trinajstić information content (AvgIpc) is 3.40. The lowest BCUT2D eigenvalue weighted by molar-refractivity contribution is -0.114. The third-order valence-electron chi connectivity index (χ3n) is 6.09. The van der Waals surface area contributed by atoms with Gasteiger partial charge in [0.2, 0.25) is 5.17 Å². The molecule has 1 amide bonds. The first-order valence-electron chi connectivity index (χ1n) is 11.3. The van der Waals surface area contributed by atoms with Crippen LogP contribution < -0.4 is 9.47 Å². The van der Waals surface area contributed by atoms with Gasteiger partial charge in [0, 0.05) is 23.9 Å². The van der Waals surface area contributed by atoms with Crippen LogP contribution in [0, 0.1) is 19.3 Å². The maximum atomic E-state index is 12.9. The van der Waals surface area contributed by atoms with Crippen molar-refractivity contribution in [1.29, 1.82) is 5.41 Å². The molecule has 0 radical (unpaired) electrons. The highest BCUT2D eigenvalue weighted by Crippen LogP contribution is 2.34. The molecule has 0 saturated carbocycles. The minimum atomic E-state index is -0.446. The van der Waals surface area contributed by atoms with E-state index in [-0.39, 0.29) is 11.4 Å². The number of methoxy groups -OCH3 is 2. The summed E-state index contributed by atoms with van der Waals surface area (Å²) < 4.78 is 13.0. The molecule has 0 spiro atoms. The molecule has 5 rings (SSSR count). The predicted molar refractivity (Wildman–Crippen MR) is 144 cm³/mol. The number of aryl methyl sites for hydroxylation is 1. The van der Waals surface area contributed by atoms with Crippen molar-refractivity contribution >= 4 is 39.8 Å². The highest BCUT2D eigenvalue weighted by molar-refractivity contribution is 8.26. The monoisotopic (exact) mass is 499 g/mol. The van der Waals surface area contributed by atoms with E-state index in [1.807, 2.05) is 73.0 Å². The maximum absolute atomic E-state index is 12.9. The van der Waals surface area contributed by atoms with Crippen LogP contribution >= 0.6 is 11.8 Å². The number of carbonyl (C=O) groups excluding carboxylic acids is 1. The van der Waals surface area contributed by atoms with Gasteiger partial charge in [-0.15, -0.1) is 0 Å². The van der Waals surface area contributed by atoms with Crippen molar-refractivity contribution < 1.29 is 14.3 Å². The molecule has 0 aliphatic carbocycles. The Kier molecular flexibility index (Phi) is 6.24. The van der Waals surface area contributed by atoms with Crippen LogP contribution in [-0.2, 0) is 11.2 Å². The van der Waals surface area contributed by atoms with Crippen LogP contribution in [0.2, 0.25) is 0 Å². The zero-order valence-electron chi connectivity index (χ0n) is 20.4. The molecule has 9 heteroatoms. The number of amides is 1. The van der Waals surface area contributed by atoms with Crippen LogP contribution in [0.1, 0.15) is 22.5 Å². The van der Waals surface area contributed by atoms with E-state index in [0.717, 1.165) is 33.2 Å². The number of aliphatic imine (C=N–C) groups is 1. The molecule has 0 unspecified atom stereocenters. The van der Waals surface area contributed by atoms with Crippen LogP contribution in [0.4, 0.5) is 0 Å². The van der Waals surface area contributed by atoms with E-state index in [1.54, 1.807) is 20.3 Å². The second-order valence-corrected chi connectivity index (χ2v) is 9.42. The van der Waals surface area contributed by atoms with E-state index in [1.165, 1.54) is 16.8 Å². The Morgan fingerprint density at radius 1 is 1.06 bits per heavy atom. The van der Waals surface area contributed by atoms with Gasteiger partial charge in [0.25, 0.3) is 5.91 Å². The normalized spacial score (nSPS) is 16.2. The number of hydrogen-bond acceptors (Lipinski definition) is 6. The van der Waals surface area contributed by atoms with E-state index in [0.29, 0.717) is 23.1 Å². The molecule has 0 fully saturated rings. The summed E-state index contributed by atoms with van der Waals surface area (Å²) in [6.07, 6.45) is 2.33. The smallest absolute Gasteiger partial charge is 0.283 e. The summed E-state index contributed by atoms with van der Waals surface area (Å²) in [5.41, 5.74) is 4.79. The fourth-order valence-corrected chi connectivity index (χ4v) is 5.22. The Morgan fingerprint density at radius 2 is 1.83 bits per heavy atom. The van der Waals surface area contributed by atoms with Gasteiger partial charge in [-0.1, -0.05) is 30.3 Å². The second-order valence-electron chi connectivity index (χ2n) is 8.38. The zero-order chi connectivity index (χ0) is 25.4. The first-order valence-corrected chi connectivity index (χ1v) is 12.2. The summed E-state index contributed by atoms with van der Waals surface area (Å²) in [7, 11) is 3.25. The molecule has 0 atom stereocenters. The van der Waals surface area contributed by atoms with Crippen molar-refractivity contribution in [2.75, 3.05) is 14.2 Å². The number of ether oxygens (including phenoxy) is 2. The molecule has 1 N–H and O–H groups in total. The van der Waals surface area contributed by atoms with Crippen LogP contribution in [0.3, 0.4) is 0 Å². The number of hydrogen-bond donors (Lipinski definition) is 1. The molecule has 36 heavy (non-hydrogen) atoms. The summed E-state index contributed by atoms with van der Waals surface area (Å²) in [6.45, 7) is 3.95. The summed E-state index contributed by atoms with van der Waals surface area (Å²) in [5, 5.41) is 16.0. The first-order chi connectivity index (χ1) is 17.4. The van der Waals surface area contributed by atoms with Crippen molar-refractivity contribution in [2.24, 2.45) is 10.1 Å². The number of carbonyl (C=O) groups is 1. The number of rotatable bonds is 6. The van der Waals surface area contributed by atoms with Crippen LogP contribution in [-0.4, -0.2) is 45.7 Å². The molecule has 2 aliphatic rings. The summed E-state index contributed by atoms with van der Waals surface area (Å²) in [6, 6.07) is 17.6. The standard InChI is InChI=1S/C27H25N5O3S/c1-16-12-19(17(2)31(16)22-15-20(34-3)10-11-23(22)35-4)14-21-25(28)32-27(29-26(21)33)36-24(30-32)13-18-8-6-5-7-9-18/h5-12,14-15,28H,13H2,1-4H3/b21-14+,28-25?. The van der Waals surface area contributed by atoms with Gasteiger partial charge in [-0.3, -0.25) is 10.2 Å². The largest absolute Gasteiger partial charge is 0.497 e. The van der Waals surface area contributed by atoms with Crippen LogP contribution in [0.5, 0.6) is 11.5 Å². The number of nitrogens with zero attached hydrogens (tertiary/aromatic N) is 4. The third-order valence-corrected chi connectivity index (χ3v) is 7.00. The Labute approximate surface area is 213 Å². The lowest BCUT2D eigenvalue weighted by Gasteiger charge is -2.20. The van der Waals surface area contributed by atoms with Gasteiger partial charge < -0.3 is 14.0 Å². The van der Waals surface area contributed by atoms with Gasteiger partial charge in [-0.25, -0.2) is 0 Å². The predicted octanol–water partition coefficient (Wildman–Crippen LogP) is 4.97. The molecule has 2 aliphatic heterocycles. The number of amidine groups is 2. The Morgan fingerprint density at radius 3 is 2.56 bits per heavy atom. The molecule has 3 aromatic rings. The quantitative estimate of drug-likeness (QED) is 0.483. The molecule has 3 heterocycles. The summed E-state index contributed by atoms with van der Waals surface area (Å²) in [5.74, 6) is 0.977. The van der Waals surface area contributed by atoms with Crippen molar-refractivity contribution in [3.8, 4) is 17.2 Å². The minimum Gasteiger partial charge on any atom is -0.497 e. The lowest BCUT2D eigenvalue weighted by Crippen LogP contribution is -2.35. The van der Waals surface area contributed by atoms with Crippen LogP contribution in [0.25, 0.3) is 11.8 Å². The molecule has 8 nitrogen and oxygen atoms in total. The van der Waals surface area contributed by atoms with Gasteiger partial charge in [-0.2, -0.15) is 15.1 Å². The highest BCUT2D eigenvalue weighted by Gasteiger charge is 2.35. The van der Waals surface area contributed by atoms with E-state index in [2.05, 4.69) is 10.1 Å². The van der Waals surface area contributed by atoms with Gasteiger partial charge in [-0.05, 0) is 61.0 Å². The number of fused-ring (bicyclic) bond motifs is 1. The second kappa shape index (κ2) is 9.50. The van der Waals surface area contributed by atoms with Crippen molar-refractivity contribution in [3.05, 3.63) is 82.7 Å². The first kappa shape index (κ1) is 23.6. The molecule has 0 saturated heterocycles. The number of hydrazone groups is 1. The van der Waals surface area contributed by atoms with E-state index in [4.69, 9.17) is 14.9 Å². The van der Waals surface area contributed by atoms with Crippen molar-refractivity contribution in [3.63, 3.8) is 0 Å². The summed E-state index contributed by atoms with van der Waals surface area (Å²) in [4.78, 5) is 17.2. The molecule has 182 valence electrons. The van der Waals surface area contributed by atoms with Gasteiger partial charge >= 0.3 is 0 Å². The minimum absolute atomic E-state index is 0.0179. The molecular formula is C27H25N5O3S. The highest BCUT2D eigenvalue weighted by atomic mass is 32.2. The Hall–Kier alpha value is -4.11. The fourth-order valence-electron chi connectivity index (χ4n) is 4.31. The van der Waals surface area contributed by atoms with Gasteiger partial charge in [0.15, 0.2) is 5.84 Å². The lowest BCUT2D eigenvalue weighted by atomic mass is 10.1. The Bertz CT molecular complexity index is 1470. The van der Waals surface area contributed by atoms with E-state index >= 15 is 0 Å². The number of benzene rings is 2. The molecular weight excluding hydrogens is 474 g/mol. The molecule has 1 aromatic heterocycles. The SMILES string of the molecule is COc1ccc(OC)c(-n2c(C)cc(/C=C3\C(=N)N4N=C(Cc5ccccc5)SC4=NC3=O)c2C)c1. The number of nitrogens with one attached hydrogen (secondary N) is 1. The van der Waals surface area contributed by atoms with Crippen LogP contribution in [0.15, 0.2) is 70.3 Å². The fraction of sp³-hybridized carbons (Fsp3) is 0.185. The number of aromatic nitrogens is 1. The average molecular weight is 500 g/mol. The Balaban J connectivity index is 1.49. The number of thioether (sulfide) groups is 1. The van der Waals surface area contributed by atoms with E-state index < -0.39 is 5.91 Å². The topological polar surface area (TPSA) is 92.3 Å².